The summed E-state index contributed by atoms with van der Waals surface area (Å²) in [6, 6.07) is 3.76. The Morgan fingerprint density at radius 3 is 2.58 bits per heavy atom. The highest BCUT2D eigenvalue weighted by molar-refractivity contribution is 14.0. The molecule has 0 atom stereocenters. The van der Waals surface area contributed by atoms with E-state index in [1.807, 2.05) is 37.6 Å². The molecule has 24 heavy (non-hydrogen) atoms. The number of hydrogen-bond acceptors (Lipinski definition) is 3. The minimum atomic E-state index is 0. The topological polar surface area (TPSA) is 67.4 Å². The molecule has 0 aliphatic heterocycles. The van der Waals surface area contributed by atoms with Crippen molar-refractivity contribution in [2.24, 2.45) is 12.0 Å². The third-order valence-electron chi connectivity index (χ3n) is 3.36. The lowest BCUT2D eigenvalue weighted by Gasteiger charge is -2.10. The molecule has 0 saturated heterocycles. The highest BCUT2D eigenvalue weighted by Gasteiger charge is 2.09. The minimum absolute atomic E-state index is 0. The van der Waals surface area contributed by atoms with Gasteiger partial charge in [-0.3, -0.25) is 0 Å². The Bertz CT molecular complexity index is 683. The first-order valence-electron chi connectivity index (χ1n) is 7.51. The summed E-state index contributed by atoms with van der Waals surface area (Å²) in [4.78, 5) is 4.54. The van der Waals surface area contributed by atoms with E-state index in [4.69, 9.17) is 27.7 Å². The molecule has 134 valence electrons. The smallest absolute Gasteiger partial charge is 0.192 e. The zero-order chi connectivity index (χ0) is 16.8. The normalized spacial score (nSPS) is 11.3. The average Bonchev–Trinajstić information content (AvgIpc) is 3.10. The zero-order valence-electron chi connectivity index (χ0n) is 13.9. The second kappa shape index (κ2) is 10.1. The number of aryl methyl sites for hydroxylation is 1. The zero-order valence-corrected chi connectivity index (χ0v) is 17.7. The molecule has 0 saturated carbocycles. The molecule has 0 spiro atoms. The average molecular weight is 486 g/mol. The van der Waals surface area contributed by atoms with E-state index in [0.29, 0.717) is 29.2 Å². The van der Waals surface area contributed by atoms with E-state index in [0.717, 1.165) is 30.1 Å². The van der Waals surface area contributed by atoms with Gasteiger partial charge in [-0.25, -0.2) is 4.99 Å². The lowest BCUT2D eigenvalue weighted by atomic mass is 10.3. The van der Waals surface area contributed by atoms with Crippen molar-refractivity contribution < 1.29 is 4.52 Å². The van der Waals surface area contributed by atoms with Gasteiger partial charge in [0.05, 0.1) is 23.8 Å². The maximum Gasteiger partial charge on any atom is 0.192 e. The fourth-order valence-corrected chi connectivity index (χ4v) is 2.43. The molecule has 2 aromatic heterocycles. The van der Waals surface area contributed by atoms with Gasteiger partial charge in [-0.2, -0.15) is 0 Å². The predicted octanol–water partition coefficient (Wildman–Crippen LogP) is 3.76. The molecule has 2 N–H and O–H groups in total. The number of aromatic nitrogens is 2. The van der Waals surface area contributed by atoms with Crippen LogP contribution in [0.5, 0.6) is 0 Å². The molecule has 6 nitrogen and oxygen atoms in total. The Morgan fingerprint density at radius 2 is 2.04 bits per heavy atom. The number of guanidine groups is 1. The number of halogens is 3. The summed E-state index contributed by atoms with van der Waals surface area (Å²) in [5.74, 6) is 1.47. The summed E-state index contributed by atoms with van der Waals surface area (Å²) in [6.07, 6.45) is 0.854. The molecule has 0 amide bonds. The van der Waals surface area contributed by atoms with Crippen molar-refractivity contribution in [1.29, 1.82) is 0 Å². The number of hydrogen-bond donors (Lipinski definition) is 2. The van der Waals surface area contributed by atoms with Crippen LogP contribution >= 0.6 is 47.2 Å². The minimum Gasteiger partial charge on any atom is -0.359 e. The van der Waals surface area contributed by atoms with E-state index < -0.39 is 0 Å². The van der Waals surface area contributed by atoms with Gasteiger partial charge in [-0.05, 0) is 19.4 Å². The first-order chi connectivity index (χ1) is 11.0. The second-order valence-corrected chi connectivity index (χ2v) is 5.79. The highest BCUT2D eigenvalue weighted by atomic mass is 127. The van der Waals surface area contributed by atoms with Crippen molar-refractivity contribution in [3.8, 4) is 0 Å². The van der Waals surface area contributed by atoms with E-state index in [-0.39, 0.29) is 24.0 Å². The summed E-state index contributed by atoms with van der Waals surface area (Å²) < 4.78 is 7.07. The first kappa shape index (κ1) is 21.1. The van der Waals surface area contributed by atoms with Gasteiger partial charge in [0.25, 0.3) is 0 Å². The fourth-order valence-electron chi connectivity index (χ4n) is 2.02. The van der Waals surface area contributed by atoms with Crippen LogP contribution in [-0.4, -0.2) is 22.2 Å². The molecule has 2 rings (SSSR count). The van der Waals surface area contributed by atoms with Gasteiger partial charge in [0, 0.05) is 25.4 Å². The molecule has 2 aromatic rings. The Balaban J connectivity index is 0.00000288. The number of nitrogens with one attached hydrogen (secondary N) is 2. The van der Waals surface area contributed by atoms with Crippen LogP contribution in [0.2, 0.25) is 10.2 Å². The standard InChI is InChI=1S/C15H21Cl2N5O.HI/c1-4-10-6-12(23-21-10)9-20-15(18-5-2)19-8-11-7-13(16)14(17)22(11)3;/h6-7H,4-5,8-9H2,1-3H3,(H2,18,19,20);1H. The van der Waals surface area contributed by atoms with Crippen LogP contribution in [0.25, 0.3) is 0 Å². The summed E-state index contributed by atoms with van der Waals surface area (Å²) in [6.45, 7) is 5.80. The SMILES string of the molecule is CCNC(=NCc1cc(Cl)c(Cl)n1C)NCc1cc(CC)no1.I. The Kier molecular flexibility index (Phi) is 8.93. The molecule has 0 aromatic carbocycles. The van der Waals surface area contributed by atoms with Gasteiger partial charge in [-0.1, -0.05) is 35.3 Å². The van der Waals surface area contributed by atoms with Crippen LogP contribution in [0.15, 0.2) is 21.6 Å². The Hall–Kier alpha value is -0.930. The molecule has 0 fully saturated rings. The molecule has 0 unspecified atom stereocenters. The van der Waals surface area contributed by atoms with E-state index in [1.54, 1.807) is 0 Å². The van der Waals surface area contributed by atoms with E-state index in [1.165, 1.54) is 0 Å². The van der Waals surface area contributed by atoms with Gasteiger partial charge in [0.1, 0.15) is 5.15 Å². The summed E-state index contributed by atoms with van der Waals surface area (Å²) in [7, 11) is 1.86. The first-order valence-corrected chi connectivity index (χ1v) is 8.27. The van der Waals surface area contributed by atoms with Crippen LogP contribution < -0.4 is 10.6 Å². The lowest BCUT2D eigenvalue weighted by Crippen LogP contribution is -2.36. The number of rotatable bonds is 6. The number of aliphatic imine (C=N–C) groups is 1. The molecular weight excluding hydrogens is 464 g/mol. The maximum atomic E-state index is 6.06. The fraction of sp³-hybridized carbons (Fsp3) is 0.467. The van der Waals surface area contributed by atoms with Crippen LogP contribution in [0.4, 0.5) is 0 Å². The molecule has 0 aliphatic rings. The van der Waals surface area contributed by atoms with Crippen molar-refractivity contribution in [3.05, 3.63) is 39.5 Å². The maximum absolute atomic E-state index is 6.06. The molecule has 9 heteroatoms. The lowest BCUT2D eigenvalue weighted by molar-refractivity contribution is 0.374. The van der Waals surface area contributed by atoms with Crippen molar-refractivity contribution in [3.63, 3.8) is 0 Å². The van der Waals surface area contributed by atoms with Gasteiger partial charge in [0.15, 0.2) is 11.7 Å². The summed E-state index contributed by atoms with van der Waals surface area (Å²) >= 11 is 12.1. The van der Waals surface area contributed by atoms with E-state index >= 15 is 0 Å². The molecule has 2 heterocycles. The monoisotopic (exact) mass is 485 g/mol. The van der Waals surface area contributed by atoms with Crippen molar-refractivity contribution >= 4 is 53.1 Å². The molecular formula is C15H22Cl2IN5O. The van der Waals surface area contributed by atoms with Gasteiger partial charge < -0.3 is 19.7 Å². The van der Waals surface area contributed by atoms with E-state index in [2.05, 4.69) is 20.8 Å². The van der Waals surface area contributed by atoms with Crippen molar-refractivity contribution in [1.82, 2.24) is 20.4 Å². The van der Waals surface area contributed by atoms with E-state index in [9.17, 15) is 0 Å². The van der Waals surface area contributed by atoms with Gasteiger partial charge in [-0.15, -0.1) is 24.0 Å². The van der Waals surface area contributed by atoms with Gasteiger partial charge >= 0.3 is 0 Å². The van der Waals surface area contributed by atoms with Crippen molar-refractivity contribution in [2.75, 3.05) is 6.54 Å². The quantitative estimate of drug-likeness (QED) is 0.371. The highest BCUT2D eigenvalue weighted by Crippen LogP contribution is 2.25. The summed E-state index contributed by atoms with van der Waals surface area (Å²) in [5.41, 5.74) is 1.88. The van der Waals surface area contributed by atoms with Crippen LogP contribution in [0.1, 0.15) is 31.0 Å². The van der Waals surface area contributed by atoms with Crippen molar-refractivity contribution in [2.45, 2.75) is 33.4 Å². The third-order valence-corrected chi connectivity index (χ3v) is 4.20. The van der Waals surface area contributed by atoms with Crippen LogP contribution in [0.3, 0.4) is 0 Å². The predicted molar refractivity (Wildman–Crippen MR) is 108 cm³/mol. The second-order valence-electron chi connectivity index (χ2n) is 5.02. The van der Waals surface area contributed by atoms with Gasteiger partial charge in [0.2, 0.25) is 0 Å². The summed E-state index contributed by atoms with van der Waals surface area (Å²) in [5, 5.41) is 11.4. The van der Waals surface area contributed by atoms with Crippen LogP contribution in [-0.2, 0) is 26.6 Å². The molecule has 0 aliphatic carbocycles. The largest absolute Gasteiger partial charge is 0.359 e. The van der Waals surface area contributed by atoms with Crippen LogP contribution in [0, 0.1) is 0 Å². The third kappa shape index (κ3) is 5.56. The Labute approximate surface area is 169 Å². The molecule has 0 radical (unpaired) electrons. The number of nitrogens with zero attached hydrogens (tertiary/aromatic N) is 3. The molecule has 0 bridgehead atoms. The Morgan fingerprint density at radius 1 is 1.29 bits per heavy atom.